The Labute approximate surface area is 134 Å². The maximum atomic E-state index is 9.19. The van der Waals surface area contributed by atoms with Crippen molar-refractivity contribution in [1.29, 1.82) is 0 Å². The summed E-state index contributed by atoms with van der Waals surface area (Å²) in [5.74, 6) is 2.29. The summed E-state index contributed by atoms with van der Waals surface area (Å²) in [7, 11) is 3.62. The Morgan fingerprint density at radius 2 is 1.81 bits per heavy atom. The summed E-state index contributed by atoms with van der Waals surface area (Å²) >= 11 is 0. The van der Waals surface area contributed by atoms with E-state index in [1.807, 2.05) is 10.8 Å². The molecule has 0 aliphatic heterocycles. The topological polar surface area (TPSA) is 75.7 Å². The highest BCUT2D eigenvalue weighted by Gasteiger charge is 2.11. The molecule has 4 nitrogen and oxygen atoms in total. The Kier molecular flexibility index (Phi) is 9.19. The van der Waals surface area contributed by atoms with E-state index in [2.05, 4.69) is 13.2 Å². The second kappa shape index (κ2) is 10.3. The third-order valence-corrected chi connectivity index (χ3v) is 5.09. The van der Waals surface area contributed by atoms with E-state index in [4.69, 9.17) is 10.5 Å². The molecule has 1 rings (SSSR count). The van der Waals surface area contributed by atoms with Gasteiger partial charge in [0.2, 0.25) is 0 Å². The van der Waals surface area contributed by atoms with Crippen molar-refractivity contribution >= 4 is 21.6 Å². The molecular weight excluding hydrogens is 306 g/mol. The van der Waals surface area contributed by atoms with E-state index in [1.54, 1.807) is 29.0 Å². The minimum atomic E-state index is -0.0702. The summed E-state index contributed by atoms with van der Waals surface area (Å²) < 4.78 is 5.70. The number of hydrogen-bond donors (Lipinski definition) is 3. The first-order chi connectivity index (χ1) is 10.1. The predicted molar refractivity (Wildman–Crippen MR) is 91.5 cm³/mol. The molecule has 0 aliphatic carbocycles. The van der Waals surface area contributed by atoms with Crippen LogP contribution in [-0.4, -0.2) is 34.9 Å². The molecular formula is C15H25NO3S2. The molecule has 0 saturated carbocycles. The lowest BCUT2D eigenvalue weighted by Crippen LogP contribution is -2.30. The fourth-order valence-electron chi connectivity index (χ4n) is 2.03. The molecule has 0 bridgehead atoms. The van der Waals surface area contributed by atoms with Gasteiger partial charge in [-0.3, -0.25) is 0 Å². The fourth-order valence-corrected chi connectivity index (χ4v) is 3.64. The van der Waals surface area contributed by atoms with E-state index in [0.29, 0.717) is 18.3 Å². The van der Waals surface area contributed by atoms with Crippen LogP contribution in [0.15, 0.2) is 18.2 Å². The molecule has 0 heterocycles. The van der Waals surface area contributed by atoms with Crippen LogP contribution in [0.25, 0.3) is 0 Å². The zero-order valence-corrected chi connectivity index (χ0v) is 14.3. The van der Waals surface area contributed by atoms with Crippen molar-refractivity contribution in [3.63, 3.8) is 0 Å². The van der Waals surface area contributed by atoms with Crippen LogP contribution in [0.5, 0.6) is 5.75 Å². The normalized spacial score (nSPS) is 14.0. The molecule has 1 aromatic rings. The second-order valence-corrected chi connectivity index (χ2v) is 7.77. The second-order valence-electron chi connectivity index (χ2n) is 5.16. The molecule has 2 unspecified atom stereocenters. The van der Waals surface area contributed by atoms with Gasteiger partial charge in [-0.15, -0.1) is 0 Å². The summed E-state index contributed by atoms with van der Waals surface area (Å²) in [5.41, 5.74) is 7.56. The number of nitrogens with two attached hydrogens (primary N) is 1. The number of benzene rings is 1. The van der Waals surface area contributed by atoms with Crippen molar-refractivity contribution in [3.05, 3.63) is 29.3 Å². The Balaban J connectivity index is 2.46. The van der Waals surface area contributed by atoms with Gasteiger partial charge in [0, 0.05) is 11.8 Å². The van der Waals surface area contributed by atoms with Crippen LogP contribution in [0.1, 0.15) is 24.5 Å². The third-order valence-electron chi connectivity index (χ3n) is 3.03. The molecule has 1 aromatic carbocycles. The van der Waals surface area contributed by atoms with Gasteiger partial charge in [-0.1, -0.05) is 34.6 Å². The molecule has 0 spiro atoms. The van der Waals surface area contributed by atoms with Gasteiger partial charge in [-0.25, -0.2) is 0 Å². The van der Waals surface area contributed by atoms with E-state index in [-0.39, 0.29) is 19.3 Å². The molecule has 6 heteroatoms. The molecule has 21 heavy (non-hydrogen) atoms. The van der Waals surface area contributed by atoms with E-state index >= 15 is 0 Å². The Morgan fingerprint density at radius 1 is 1.19 bits per heavy atom. The molecule has 0 fully saturated rings. The Hall–Kier alpha value is -0.400. The van der Waals surface area contributed by atoms with Crippen molar-refractivity contribution in [2.45, 2.75) is 32.6 Å². The molecule has 0 saturated heterocycles. The molecule has 120 valence electrons. The van der Waals surface area contributed by atoms with Crippen LogP contribution < -0.4 is 10.5 Å². The standard InChI is InChI=1S/C15H25NO3S2/c1-11(10-21-20-2)3-14(16)9-19-15-5-12(7-17)4-13(6-15)8-18/h4-6,11,14,17-18H,3,7-10,16H2,1-2H3. The highest BCUT2D eigenvalue weighted by Crippen LogP contribution is 2.23. The van der Waals surface area contributed by atoms with Gasteiger partial charge in [-0.2, -0.15) is 0 Å². The highest BCUT2D eigenvalue weighted by molar-refractivity contribution is 8.76. The fraction of sp³-hybridized carbons (Fsp3) is 0.600. The number of aliphatic hydroxyl groups is 2. The SMILES string of the molecule is CSSCC(C)CC(N)COc1cc(CO)cc(CO)c1. The van der Waals surface area contributed by atoms with Crippen molar-refractivity contribution in [1.82, 2.24) is 0 Å². The van der Waals surface area contributed by atoms with E-state index < -0.39 is 0 Å². The van der Waals surface area contributed by atoms with Crippen LogP contribution >= 0.6 is 21.6 Å². The van der Waals surface area contributed by atoms with Crippen LogP contribution in [0.2, 0.25) is 0 Å². The smallest absolute Gasteiger partial charge is 0.120 e. The minimum Gasteiger partial charge on any atom is -0.492 e. The Bertz CT molecular complexity index is 396. The monoisotopic (exact) mass is 331 g/mol. The number of aliphatic hydroxyl groups excluding tert-OH is 2. The van der Waals surface area contributed by atoms with Crippen molar-refractivity contribution < 1.29 is 14.9 Å². The average molecular weight is 332 g/mol. The predicted octanol–water partition coefficient (Wildman–Crippen LogP) is 2.41. The molecule has 0 amide bonds. The summed E-state index contributed by atoms with van der Waals surface area (Å²) in [6.07, 6.45) is 2.99. The molecule has 0 aromatic heterocycles. The zero-order valence-electron chi connectivity index (χ0n) is 12.6. The number of hydrogen-bond acceptors (Lipinski definition) is 6. The quantitative estimate of drug-likeness (QED) is 0.572. The lowest BCUT2D eigenvalue weighted by molar-refractivity contribution is 0.260. The minimum absolute atomic E-state index is 0.0159. The first-order valence-corrected chi connectivity index (χ1v) is 9.70. The van der Waals surface area contributed by atoms with Crippen molar-refractivity contribution in [2.24, 2.45) is 11.7 Å². The highest BCUT2D eigenvalue weighted by atomic mass is 33.1. The number of rotatable bonds is 10. The van der Waals surface area contributed by atoms with E-state index in [0.717, 1.165) is 23.3 Å². The van der Waals surface area contributed by atoms with Crippen molar-refractivity contribution in [3.8, 4) is 5.75 Å². The van der Waals surface area contributed by atoms with Crippen LogP contribution in [0.3, 0.4) is 0 Å². The maximum Gasteiger partial charge on any atom is 0.120 e. The van der Waals surface area contributed by atoms with Gasteiger partial charge in [0.15, 0.2) is 0 Å². The van der Waals surface area contributed by atoms with Gasteiger partial charge >= 0.3 is 0 Å². The zero-order chi connectivity index (χ0) is 15.7. The lowest BCUT2D eigenvalue weighted by atomic mass is 10.1. The van der Waals surface area contributed by atoms with Gasteiger partial charge in [0.25, 0.3) is 0 Å². The van der Waals surface area contributed by atoms with Gasteiger partial charge < -0.3 is 20.7 Å². The van der Waals surface area contributed by atoms with Crippen LogP contribution in [0.4, 0.5) is 0 Å². The lowest BCUT2D eigenvalue weighted by Gasteiger charge is -2.18. The van der Waals surface area contributed by atoms with E-state index in [1.165, 1.54) is 0 Å². The van der Waals surface area contributed by atoms with Gasteiger partial charge in [0.05, 0.1) is 13.2 Å². The molecule has 4 N–H and O–H groups in total. The summed E-state index contributed by atoms with van der Waals surface area (Å²) in [6, 6.07) is 5.30. The Morgan fingerprint density at radius 3 is 2.33 bits per heavy atom. The number of ether oxygens (including phenoxy) is 1. The van der Waals surface area contributed by atoms with Gasteiger partial charge in [-0.05, 0) is 41.9 Å². The first-order valence-electron chi connectivity index (χ1n) is 6.97. The molecule has 0 aliphatic rings. The van der Waals surface area contributed by atoms with Crippen molar-refractivity contribution in [2.75, 3.05) is 18.6 Å². The van der Waals surface area contributed by atoms with Crippen LogP contribution in [-0.2, 0) is 13.2 Å². The van der Waals surface area contributed by atoms with Gasteiger partial charge in [0.1, 0.15) is 12.4 Å². The molecule has 0 radical (unpaired) electrons. The summed E-state index contributed by atoms with van der Waals surface area (Å²) in [6.45, 7) is 2.49. The summed E-state index contributed by atoms with van der Waals surface area (Å²) in [5, 5.41) is 18.4. The van der Waals surface area contributed by atoms with E-state index in [9.17, 15) is 10.2 Å². The largest absolute Gasteiger partial charge is 0.492 e. The average Bonchev–Trinajstić information content (AvgIpc) is 2.50. The first kappa shape index (κ1) is 18.6. The third kappa shape index (κ3) is 7.42. The maximum absolute atomic E-state index is 9.19. The summed E-state index contributed by atoms with van der Waals surface area (Å²) in [4.78, 5) is 0. The van der Waals surface area contributed by atoms with Crippen LogP contribution in [0, 0.1) is 5.92 Å². The molecule has 2 atom stereocenters.